The van der Waals surface area contributed by atoms with Crippen LogP contribution in [0.3, 0.4) is 0 Å². The first-order chi connectivity index (χ1) is 14.2. The van der Waals surface area contributed by atoms with E-state index in [0.29, 0.717) is 24.0 Å². The number of benzene rings is 1. The van der Waals surface area contributed by atoms with Gasteiger partial charge in [-0.1, -0.05) is 15.9 Å². The van der Waals surface area contributed by atoms with Crippen molar-refractivity contribution >= 4 is 33.4 Å². The number of anilines is 3. The average molecular weight is 481 g/mol. The molecule has 0 saturated heterocycles. The molecule has 3 aromatic rings. The Bertz CT molecular complexity index is 996. The van der Waals surface area contributed by atoms with Gasteiger partial charge >= 0.3 is 6.18 Å². The molecule has 2 N–H and O–H groups in total. The van der Waals surface area contributed by atoms with E-state index in [9.17, 15) is 13.2 Å². The van der Waals surface area contributed by atoms with Crippen LogP contribution in [0.1, 0.15) is 5.56 Å². The Morgan fingerprint density at radius 3 is 2.43 bits per heavy atom. The first-order valence-corrected chi connectivity index (χ1v) is 9.83. The number of hydrogen-bond donors (Lipinski definition) is 2. The van der Waals surface area contributed by atoms with Crippen molar-refractivity contribution in [1.29, 1.82) is 0 Å². The molecule has 0 radical (unpaired) electrons. The van der Waals surface area contributed by atoms with Gasteiger partial charge < -0.3 is 15.5 Å². The highest BCUT2D eigenvalue weighted by molar-refractivity contribution is 9.10. The number of halogens is 4. The summed E-state index contributed by atoms with van der Waals surface area (Å²) in [6, 6.07) is 9.23. The van der Waals surface area contributed by atoms with Gasteiger partial charge in [-0.05, 0) is 44.4 Å². The molecule has 0 fully saturated rings. The molecule has 30 heavy (non-hydrogen) atoms. The minimum absolute atomic E-state index is 0.0215. The zero-order valence-electron chi connectivity index (χ0n) is 16.3. The molecule has 10 heteroatoms. The second kappa shape index (κ2) is 9.40. The minimum atomic E-state index is -4.47. The van der Waals surface area contributed by atoms with Gasteiger partial charge in [-0.3, -0.25) is 4.98 Å². The molecule has 6 nitrogen and oxygen atoms in total. The average Bonchev–Trinajstić information content (AvgIpc) is 2.69. The largest absolute Gasteiger partial charge is 0.417 e. The fourth-order valence-corrected chi connectivity index (χ4v) is 3.09. The van der Waals surface area contributed by atoms with Crippen LogP contribution in [0.2, 0.25) is 0 Å². The van der Waals surface area contributed by atoms with E-state index in [1.807, 2.05) is 19.0 Å². The van der Waals surface area contributed by atoms with Gasteiger partial charge in [0.05, 0.1) is 11.3 Å². The molecule has 0 bridgehead atoms. The molecule has 158 valence electrons. The number of likely N-dealkylation sites (N-methyl/N-ethyl adjacent to an activating group) is 1. The van der Waals surface area contributed by atoms with E-state index in [-0.39, 0.29) is 10.2 Å². The van der Waals surface area contributed by atoms with Crippen molar-refractivity contribution in [2.75, 3.05) is 37.8 Å². The monoisotopic (exact) mass is 480 g/mol. The normalized spacial score (nSPS) is 11.6. The predicted octanol–water partition coefficient (Wildman–Crippen LogP) is 5.04. The summed E-state index contributed by atoms with van der Waals surface area (Å²) in [6.45, 7) is 1.38. The molecule has 0 aliphatic rings. The lowest BCUT2D eigenvalue weighted by Crippen LogP contribution is -2.21. The van der Waals surface area contributed by atoms with Crippen molar-refractivity contribution in [2.24, 2.45) is 0 Å². The summed E-state index contributed by atoms with van der Waals surface area (Å²) in [6.07, 6.45) is -1.18. The molecule has 2 aromatic heterocycles. The maximum atomic E-state index is 13.2. The van der Waals surface area contributed by atoms with E-state index in [4.69, 9.17) is 0 Å². The summed E-state index contributed by atoms with van der Waals surface area (Å²) in [7, 11) is 3.91. The molecule has 0 aliphatic heterocycles. The highest BCUT2D eigenvalue weighted by Crippen LogP contribution is 2.37. The zero-order valence-corrected chi connectivity index (χ0v) is 17.9. The summed E-state index contributed by atoms with van der Waals surface area (Å²) in [5.74, 6) is 0.751. The lowest BCUT2D eigenvalue weighted by atomic mass is 10.2. The molecule has 3 rings (SSSR count). The summed E-state index contributed by atoms with van der Waals surface area (Å²) in [5.41, 5.74) is 0.942. The molecule has 0 amide bonds. The van der Waals surface area contributed by atoms with Gasteiger partial charge in [0.25, 0.3) is 0 Å². The Balaban J connectivity index is 1.93. The van der Waals surface area contributed by atoms with E-state index >= 15 is 0 Å². The first kappa shape index (κ1) is 22.0. The van der Waals surface area contributed by atoms with E-state index in [0.717, 1.165) is 18.2 Å². The van der Waals surface area contributed by atoms with Crippen LogP contribution in [-0.2, 0) is 6.18 Å². The first-order valence-electron chi connectivity index (χ1n) is 9.04. The quantitative estimate of drug-likeness (QED) is 0.493. The van der Waals surface area contributed by atoms with Gasteiger partial charge in [-0.15, -0.1) is 0 Å². The molecular formula is C20H20BrF3N6. The Hall–Kier alpha value is -2.72. The number of pyridine rings is 1. The number of rotatable bonds is 7. The molecular weight excluding hydrogens is 461 g/mol. The summed E-state index contributed by atoms with van der Waals surface area (Å²) >= 11 is 2.95. The van der Waals surface area contributed by atoms with Crippen molar-refractivity contribution in [1.82, 2.24) is 19.9 Å². The Morgan fingerprint density at radius 1 is 1.03 bits per heavy atom. The second-order valence-electron chi connectivity index (χ2n) is 6.75. The smallest absolute Gasteiger partial charge is 0.353 e. The Kier molecular flexibility index (Phi) is 6.88. The highest BCUT2D eigenvalue weighted by atomic mass is 79.9. The van der Waals surface area contributed by atoms with E-state index in [2.05, 4.69) is 41.5 Å². The zero-order chi connectivity index (χ0) is 21.7. The van der Waals surface area contributed by atoms with Crippen LogP contribution >= 0.6 is 15.9 Å². The molecule has 0 saturated carbocycles. The predicted molar refractivity (Wildman–Crippen MR) is 115 cm³/mol. The third-order valence-electron chi connectivity index (χ3n) is 4.09. The van der Waals surface area contributed by atoms with Gasteiger partial charge in [0.2, 0.25) is 5.95 Å². The van der Waals surface area contributed by atoms with Crippen LogP contribution < -0.4 is 10.6 Å². The molecule has 0 unspecified atom stereocenters. The van der Waals surface area contributed by atoms with Crippen LogP contribution in [0.15, 0.2) is 53.3 Å². The third-order valence-corrected chi connectivity index (χ3v) is 4.78. The fourth-order valence-electron chi connectivity index (χ4n) is 2.62. The van der Waals surface area contributed by atoms with E-state index < -0.39 is 11.7 Å². The minimum Gasteiger partial charge on any atom is -0.353 e. The van der Waals surface area contributed by atoms with Gasteiger partial charge in [-0.2, -0.15) is 18.2 Å². The fraction of sp³-hybridized carbons (Fsp3) is 0.250. The van der Waals surface area contributed by atoms with Crippen LogP contribution in [0, 0.1) is 0 Å². The van der Waals surface area contributed by atoms with Crippen molar-refractivity contribution in [3.8, 4) is 11.3 Å². The maximum absolute atomic E-state index is 13.2. The number of hydrogen-bond acceptors (Lipinski definition) is 6. The van der Waals surface area contributed by atoms with Gasteiger partial charge in [0, 0.05) is 47.3 Å². The lowest BCUT2D eigenvalue weighted by Gasteiger charge is -2.15. The van der Waals surface area contributed by atoms with Crippen LogP contribution in [0.5, 0.6) is 0 Å². The van der Waals surface area contributed by atoms with Crippen molar-refractivity contribution in [3.05, 3.63) is 58.8 Å². The molecule has 2 heterocycles. The van der Waals surface area contributed by atoms with Crippen molar-refractivity contribution < 1.29 is 13.2 Å². The second-order valence-corrected chi connectivity index (χ2v) is 7.60. The molecule has 0 aliphatic carbocycles. The van der Waals surface area contributed by atoms with Crippen molar-refractivity contribution in [2.45, 2.75) is 6.18 Å². The molecule has 1 aromatic carbocycles. The Labute approximate surface area is 180 Å². The highest BCUT2D eigenvalue weighted by Gasteiger charge is 2.33. The van der Waals surface area contributed by atoms with Gasteiger partial charge in [0.1, 0.15) is 5.82 Å². The molecule has 0 atom stereocenters. The summed E-state index contributed by atoms with van der Waals surface area (Å²) in [5, 5.41) is 6.11. The van der Waals surface area contributed by atoms with Crippen molar-refractivity contribution in [3.63, 3.8) is 0 Å². The molecule has 0 spiro atoms. The number of alkyl halides is 3. The third kappa shape index (κ3) is 5.90. The van der Waals surface area contributed by atoms with E-state index in [1.165, 1.54) is 6.07 Å². The number of aromatic nitrogens is 3. The van der Waals surface area contributed by atoms with Crippen LogP contribution in [0.4, 0.5) is 30.6 Å². The Morgan fingerprint density at radius 2 is 1.77 bits per heavy atom. The summed E-state index contributed by atoms with van der Waals surface area (Å²) in [4.78, 5) is 14.9. The van der Waals surface area contributed by atoms with E-state index in [1.54, 1.807) is 36.7 Å². The topological polar surface area (TPSA) is 66.0 Å². The van der Waals surface area contributed by atoms with Gasteiger partial charge in [0.15, 0.2) is 0 Å². The SMILES string of the molecule is CN(C)CCNc1nc(Nc2ccc(Br)c(C(F)(F)F)c2)cc(-c2ccncc2)n1. The maximum Gasteiger partial charge on any atom is 0.417 e. The standard InChI is InChI=1S/C20H20BrF3N6/c1-30(2)10-9-26-19-28-17(13-5-7-25-8-6-13)12-18(29-19)27-14-3-4-16(21)15(11-14)20(22,23)24/h3-8,11-12H,9-10H2,1-2H3,(H2,26,27,28,29). The van der Waals surface area contributed by atoms with Gasteiger partial charge in [-0.25, -0.2) is 4.98 Å². The lowest BCUT2D eigenvalue weighted by molar-refractivity contribution is -0.138. The van der Waals surface area contributed by atoms with Crippen LogP contribution in [-0.4, -0.2) is 47.0 Å². The number of nitrogens with zero attached hydrogens (tertiary/aromatic N) is 4. The number of nitrogens with one attached hydrogen (secondary N) is 2. The summed E-state index contributed by atoms with van der Waals surface area (Å²) < 4.78 is 39.6. The van der Waals surface area contributed by atoms with Crippen LogP contribution in [0.25, 0.3) is 11.3 Å².